The molecule has 0 amide bonds. The van der Waals surface area contributed by atoms with E-state index in [0.29, 0.717) is 5.88 Å². The Bertz CT molecular complexity index is 259. The summed E-state index contributed by atoms with van der Waals surface area (Å²) in [6.45, 7) is 2.21. The lowest BCUT2D eigenvalue weighted by Gasteiger charge is -1.90. The van der Waals surface area contributed by atoms with Crippen molar-refractivity contribution in [2.45, 2.75) is 13.3 Å². The first-order valence-corrected chi connectivity index (χ1v) is 3.38. The van der Waals surface area contributed by atoms with Gasteiger partial charge in [-0.2, -0.15) is 0 Å². The molecule has 3 nitrogen and oxygen atoms in total. The van der Waals surface area contributed by atoms with Crippen LogP contribution in [0.5, 0.6) is 5.88 Å². The first kappa shape index (κ1) is 7.67. The summed E-state index contributed by atoms with van der Waals surface area (Å²) in [6.07, 6.45) is 5.79. The summed E-state index contributed by atoms with van der Waals surface area (Å²) in [7, 11) is 0. The molecule has 0 bridgehead atoms. The molecule has 0 aliphatic heterocycles. The van der Waals surface area contributed by atoms with Crippen LogP contribution in [0.1, 0.15) is 12.7 Å². The van der Waals surface area contributed by atoms with Crippen molar-refractivity contribution in [2.24, 2.45) is 0 Å². The highest BCUT2D eigenvalue weighted by Crippen LogP contribution is 2.10. The van der Waals surface area contributed by atoms with Crippen molar-refractivity contribution in [1.29, 1.82) is 0 Å². The zero-order chi connectivity index (χ0) is 8.10. The predicted molar refractivity (Wildman–Crippen MR) is 40.2 cm³/mol. The second-order valence-electron chi connectivity index (χ2n) is 1.98. The van der Waals surface area contributed by atoms with Gasteiger partial charge >= 0.3 is 0 Å². The molecule has 0 unspecified atom stereocenters. The van der Waals surface area contributed by atoms with Gasteiger partial charge in [0.2, 0.25) is 0 Å². The van der Waals surface area contributed by atoms with E-state index in [4.69, 9.17) is 15.7 Å². The molecule has 1 heterocycles. The maximum Gasteiger partial charge on any atom is 0.255 e. The number of aryl methyl sites for hydroxylation is 1. The van der Waals surface area contributed by atoms with E-state index in [0.717, 1.165) is 12.2 Å². The van der Waals surface area contributed by atoms with Crippen molar-refractivity contribution in [3.8, 4) is 18.2 Å². The molecular weight excluding hydrogens is 142 g/mol. The number of ether oxygens (including phenoxy) is 1. The number of rotatable bonds is 3. The Morgan fingerprint density at radius 3 is 3.18 bits per heavy atom. The summed E-state index contributed by atoms with van der Waals surface area (Å²) >= 11 is 0. The Morgan fingerprint density at radius 2 is 2.64 bits per heavy atom. The average Bonchev–Trinajstić information content (AvgIpc) is 2.48. The van der Waals surface area contributed by atoms with Gasteiger partial charge in [0, 0.05) is 12.5 Å². The molecule has 1 aromatic rings. The van der Waals surface area contributed by atoms with Crippen LogP contribution in [0.25, 0.3) is 0 Å². The van der Waals surface area contributed by atoms with Crippen LogP contribution in [0.15, 0.2) is 10.6 Å². The van der Waals surface area contributed by atoms with Crippen LogP contribution in [-0.4, -0.2) is 11.8 Å². The summed E-state index contributed by atoms with van der Waals surface area (Å²) in [5.41, 5.74) is 0. The Hall–Kier alpha value is -1.43. The van der Waals surface area contributed by atoms with Crippen LogP contribution in [0.3, 0.4) is 0 Å². The second-order valence-corrected chi connectivity index (χ2v) is 1.98. The van der Waals surface area contributed by atoms with Gasteiger partial charge in [0.15, 0.2) is 6.61 Å². The van der Waals surface area contributed by atoms with Crippen molar-refractivity contribution in [1.82, 2.24) is 5.16 Å². The van der Waals surface area contributed by atoms with Gasteiger partial charge in [-0.15, -0.1) is 6.42 Å². The lowest BCUT2D eigenvalue weighted by atomic mass is 10.4. The third kappa shape index (κ3) is 2.01. The Balaban J connectivity index is 2.53. The Labute approximate surface area is 65.3 Å². The summed E-state index contributed by atoms with van der Waals surface area (Å²) in [6, 6.07) is 1.73. The predicted octanol–water partition coefficient (Wildman–Crippen LogP) is 1.25. The number of hydrogen-bond acceptors (Lipinski definition) is 3. The number of aromatic nitrogens is 1. The van der Waals surface area contributed by atoms with Crippen molar-refractivity contribution >= 4 is 0 Å². The molecular formula is C8H9NO2. The second kappa shape index (κ2) is 3.67. The highest BCUT2D eigenvalue weighted by Gasteiger charge is 2.00. The van der Waals surface area contributed by atoms with E-state index in [9.17, 15) is 0 Å². The normalized spacial score (nSPS) is 9.09. The summed E-state index contributed by atoms with van der Waals surface area (Å²) in [5.74, 6) is 3.60. The molecule has 0 aliphatic carbocycles. The Kier molecular flexibility index (Phi) is 2.56. The van der Waals surface area contributed by atoms with Crippen molar-refractivity contribution in [3.63, 3.8) is 0 Å². The fraction of sp³-hybridized carbons (Fsp3) is 0.375. The number of terminal acetylenes is 1. The number of nitrogens with zero attached hydrogens (tertiary/aromatic N) is 1. The minimum absolute atomic E-state index is 0.232. The largest absolute Gasteiger partial charge is 0.462 e. The van der Waals surface area contributed by atoms with E-state index >= 15 is 0 Å². The van der Waals surface area contributed by atoms with Crippen LogP contribution in [0, 0.1) is 12.3 Å². The molecule has 0 aliphatic rings. The highest BCUT2D eigenvalue weighted by atomic mass is 16.5. The van der Waals surface area contributed by atoms with E-state index in [1.807, 2.05) is 6.92 Å². The molecule has 58 valence electrons. The number of hydrogen-bond donors (Lipinski definition) is 0. The van der Waals surface area contributed by atoms with Gasteiger partial charge < -0.3 is 9.26 Å². The molecule has 1 rings (SSSR count). The first-order valence-electron chi connectivity index (χ1n) is 3.38. The van der Waals surface area contributed by atoms with Crippen LogP contribution in [0.4, 0.5) is 0 Å². The smallest absolute Gasteiger partial charge is 0.255 e. The molecule has 3 heteroatoms. The van der Waals surface area contributed by atoms with Crippen molar-refractivity contribution in [3.05, 3.63) is 11.8 Å². The minimum Gasteiger partial charge on any atom is -0.462 e. The molecule has 11 heavy (non-hydrogen) atoms. The van der Waals surface area contributed by atoms with E-state index in [1.165, 1.54) is 0 Å². The van der Waals surface area contributed by atoms with E-state index in [2.05, 4.69) is 11.1 Å². The minimum atomic E-state index is 0.232. The standard InChI is InChI=1S/C8H9NO2/c1-3-5-10-8-6-7(4-2)11-9-8/h1,6H,4-5H2,2H3. The molecule has 0 aromatic carbocycles. The maximum atomic E-state index is 5.00. The molecule has 0 saturated carbocycles. The van der Waals surface area contributed by atoms with E-state index in [1.54, 1.807) is 6.07 Å². The first-order chi connectivity index (χ1) is 5.36. The van der Waals surface area contributed by atoms with E-state index in [-0.39, 0.29) is 6.61 Å². The lowest BCUT2D eigenvalue weighted by molar-refractivity contribution is 0.307. The van der Waals surface area contributed by atoms with E-state index < -0.39 is 0 Å². The van der Waals surface area contributed by atoms with Crippen LogP contribution < -0.4 is 4.74 Å². The maximum absolute atomic E-state index is 5.00. The SMILES string of the molecule is C#CCOc1cc(CC)on1. The quantitative estimate of drug-likeness (QED) is 0.610. The van der Waals surface area contributed by atoms with Gasteiger partial charge in [-0.05, 0) is 5.16 Å². The molecule has 0 fully saturated rings. The molecule has 0 spiro atoms. The van der Waals surface area contributed by atoms with Crippen LogP contribution >= 0.6 is 0 Å². The van der Waals surface area contributed by atoms with Gasteiger partial charge in [-0.25, -0.2) is 0 Å². The van der Waals surface area contributed by atoms with Gasteiger partial charge in [0.1, 0.15) is 5.76 Å². The van der Waals surface area contributed by atoms with Crippen molar-refractivity contribution in [2.75, 3.05) is 6.61 Å². The molecule has 0 atom stereocenters. The highest BCUT2D eigenvalue weighted by molar-refractivity contribution is 5.11. The third-order valence-corrected chi connectivity index (χ3v) is 1.19. The third-order valence-electron chi connectivity index (χ3n) is 1.19. The molecule has 0 saturated heterocycles. The van der Waals surface area contributed by atoms with Gasteiger partial charge in [0.05, 0.1) is 0 Å². The van der Waals surface area contributed by atoms with Gasteiger partial charge in [-0.3, -0.25) is 0 Å². The Morgan fingerprint density at radius 1 is 1.82 bits per heavy atom. The van der Waals surface area contributed by atoms with Crippen molar-refractivity contribution < 1.29 is 9.26 Å². The zero-order valence-corrected chi connectivity index (χ0v) is 6.33. The topological polar surface area (TPSA) is 35.3 Å². The molecule has 1 aromatic heterocycles. The summed E-state index contributed by atoms with van der Waals surface area (Å²) in [4.78, 5) is 0. The van der Waals surface area contributed by atoms with Gasteiger partial charge in [0.25, 0.3) is 5.88 Å². The summed E-state index contributed by atoms with van der Waals surface area (Å²) < 4.78 is 9.86. The summed E-state index contributed by atoms with van der Waals surface area (Å²) in [5, 5.41) is 3.63. The monoisotopic (exact) mass is 151 g/mol. The lowest BCUT2D eigenvalue weighted by Crippen LogP contribution is -1.92. The fourth-order valence-corrected chi connectivity index (χ4v) is 0.644. The average molecular weight is 151 g/mol. The molecule has 0 radical (unpaired) electrons. The molecule has 0 N–H and O–H groups in total. The fourth-order valence-electron chi connectivity index (χ4n) is 0.644. The zero-order valence-electron chi connectivity index (χ0n) is 6.33. The van der Waals surface area contributed by atoms with Crippen LogP contribution in [-0.2, 0) is 6.42 Å². The van der Waals surface area contributed by atoms with Crippen LogP contribution in [0.2, 0.25) is 0 Å². The van der Waals surface area contributed by atoms with Gasteiger partial charge in [-0.1, -0.05) is 12.8 Å².